The summed E-state index contributed by atoms with van der Waals surface area (Å²) in [6.45, 7) is 0. The van der Waals surface area contributed by atoms with Crippen molar-refractivity contribution in [2.75, 3.05) is 5.32 Å². The molecule has 2 amide bonds. The molecule has 0 spiro atoms. The fourth-order valence-corrected chi connectivity index (χ4v) is 3.29. The van der Waals surface area contributed by atoms with Gasteiger partial charge >= 0.3 is 12.4 Å². The number of hydrogen-bond acceptors (Lipinski definition) is 3. The lowest BCUT2D eigenvalue weighted by Gasteiger charge is -2.22. The number of amides is 2. The Morgan fingerprint density at radius 1 is 0.944 bits per heavy atom. The molecule has 5 nitrogen and oxygen atoms in total. The zero-order valence-electron chi connectivity index (χ0n) is 18.0. The van der Waals surface area contributed by atoms with E-state index in [4.69, 9.17) is 11.6 Å². The van der Waals surface area contributed by atoms with Gasteiger partial charge in [0.25, 0.3) is 5.91 Å². The van der Waals surface area contributed by atoms with Gasteiger partial charge in [0.05, 0.1) is 11.1 Å². The number of carbonyl (C=O) groups is 2. The number of hydrogen-bond donors (Lipinski definition) is 2. The van der Waals surface area contributed by atoms with Gasteiger partial charge < -0.3 is 10.6 Å². The maximum Gasteiger partial charge on any atom is 0.416 e. The van der Waals surface area contributed by atoms with Crippen LogP contribution in [-0.4, -0.2) is 23.0 Å². The van der Waals surface area contributed by atoms with Crippen molar-refractivity contribution in [1.82, 2.24) is 10.3 Å². The molecule has 1 unspecified atom stereocenters. The van der Waals surface area contributed by atoms with Crippen molar-refractivity contribution in [2.24, 2.45) is 0 Å². The van der Waals surface area contributed by atoms with Crippen LogP contribution in [0.1, 0.15) is 33.1 Å². The smallest absolute Gasteiger partial charge is 0.337 e. The Kier molecular flexibility index (Phi) is 8.03. The number of rotatable bonds is 6. The van der Waals surface area contributed by atoms with E-state index < -0.39 is 41.3 Å². The van der Waals surface area contributed by atoms with E-state index in [1.165, 1.54) is 48.7 Å². The highest BCUT2D eigenvalue weighted by atomic mass is 35.5. The van der Waals surface area contributed by atoms with E-state index in [0.29, 0.717) is 23.4 Å². The van der Waals surface area contributed by atoms with E-state index in [1.807, 2.05) is 0 Å². The van der Waals surface area contributed by atoms with E-state index in [2.05, 4.69) is 10.3 Å². The quantitative estimate of drug-likeness (QED) is 0.220. The maximum atomic E-state index is 13.5. The molecule has 2 aromatic carbocycles. The largest absolute Gasteiger partial charge is 0.416 e. The highest BCUT2D eigenvalue weighted by molar-refractivity contribution is 6.33. The molecule has 36 heavy (non-hydrogen) atoms. The molecular weight excluding hydrogens is 512 g/mol. The number of benzene rings is 2. The van der Waals surface area contributed by atoms with E-state index in [-0.39, 0.29) is 10.7 Å². The summed E-state index contributed by atoms with van der Waals surface area (Å²) < 4.78 is 79.3. The molecule has 1 atom stereocenters. The van der Waals surface area contributed by atoms with Gasteiger partial charge in [0, 0.05) is 18.0 Å². The minimum Gasteiger partial charge on any atom is -0.337 e. The summed E-state index contributed by atoms with van der Waals surface area (Å²) in [4.78, 5) is 28.4. The Morgan fingerprint density at radius 3 is 2.33 bits per heavy atom. The number of halogens is 7. The molecule has 3 aromatic rings. The predicted octanol–water partition coefficient (Wildman–Crippen LogP) is 6.44. The molecule has 0 fully saturated rings. The number of pyridine rings is 1. The molecular formula is C24H16ClF6N3O2. The maximum absolute atomic E-state index is 13.5. The number of nitrogens with zero attached hydrogens (tertiary/aromatic N) is 1. The van der Waals surface area contributed by atoms with Crippen molar-refractivity contribution in [3.05, 3.63) is 100 Å². The topological polar surface area (TPSA) is 71.1 Å². The summed E-state index contributed by atoms with van der Waals surface area (Å²) in [5.41, 5.74) is -1.27. The average Bonchev–Trinajstić information content (AvgIpc) is 2.80. The van der Waals surface area contributed by atoms with Gasteiger partial charge in [-0.1, -0.05) is 35.9 Å². The van der Waals surface area contributed by atoms with Crippen molar-refractivity contribution >= 4 is 35.2 Å². The Morgan fingerprint density at radius 2 is 1.67 bits per heavy atom. The second-order valence-electron chi connectivity index (χ2n) is 7.36. The Bertz CT molecular complexity index is 1290. The number of aromatic nitrogens is 1. The third kappa shape index (κ3) is 7.08. The second kappa shape index (κ2) is 10.8. The fraction of sp³-hybridized carbons (Fsp3) is 0.125. The van der Waals surface area contributed by atoms with E-state index in [1.54, 1.807) is 5.32 Å². The fourth-order valence-electron chi connectivity index (χ4n) is 3.08. The molecule has 3 rings (SSSR count). The molecule has 2 N–H and O–H groups in total. The lowest BCUT2D eigenvalue weighted by atomic mass is 10.0. The summed E-state index contributed by atoms with van der Waals surface area (Å²) in [6, 6.07) is 8.99. The van der Waals surface area contributed by atoms with Gasteiger partial charge in [-0.25, -0.2) is 4.98 Å². The number of carbonyl (C=O) groups excluding carboxylic acids is 2. The lowest BCUT2D eigenvalue weighted by molar-refractivity contribution is -0.162. The molecule has 1 aromatic heterocycles. The van der Waals surface area contributed by atoms with Gasteiger partial charge in [0.15, 0.2) is 6.04 Å². The first-order valence-corrected chi connectivity index (χ1v) is 10.5. The molecule has 0 bridgehead atoms. The molecule has 188 valence electrons. The van der Waals surface area contributed by atoms with Crippen molar-refractivity contribution in [2.45, 2.75) is 18.4 Å². The SMILES string of the molecule is O=C(/C=C/c1cccc(NC(=O)c2cccnc2Cl)c1)NC(c1cccc(C(F)(F)F)c1)C(F)(F)F. The first-order valence-electron chi connectivity index (χ1n) is 10.1. The van der Waals surface area contributed by atoms with Crippen molar-refractivity contribution < 1.29 is 35.9 Å². The molecule has 0 saturated carbocycles. The third-order valence-corrected chi connectivity index (χ3v) is 5.04. The normalized spacial score (nSPS) is 12.9. The van der Waals surface area contributed by atoms with Crippen LogP contribution in [0.15, 0.2) is 72.9 Å². The van der Waals surface area contributed by atoms with Gasteiger partial charge in [-0.15, -0.1) is 0 Å². The predicted molar refractivity (Wildman–Crippen MR) is 121 cm³/mol. The number of alkyl halides is 6. The van der Waals surface area contributed by atoms with Gasteiger partial charge in [-0.2, -0.15) is 26.3 Å². The highest BCUT2D eigenvalue weighted by Crippen LogP contribution is 2.36. The third-order valence-electron chi connectivity index (χ3n) is 4.74. The monoisotopic (exact) mass is 527 g/mol. The van der Waals surface area contributed by atoms with Crippen molar-refractivity contribution in [1.29, 1.82) is 0 Å². The van der Waals surface area contributed by atoms with E-state index in [9.17, 15) is 35.9 Å². The van der Waals surface area contributed by atoms with Crippen LogP contribution in [0.2, 0.25) is 5.15 Å². The minimum absolute atomic E-state index is 0.0114. The van der Waals surface area contributed by atoms with Crippen LogP contribution in [0, 0.1) is 0 Å². The molecule has 0 aliphatic heterocycles. The van der Waals surface area contributed by atoms with Gasteiger partial charge in [0.1, 0.15) is 5.15 Å². The molecule has 0 aliphatic carbocycles. The van der Waals surface area contributed by atoms with Crippen molar-refractivity contribution in [3.8, 4) is 0 Å². The second-order valence-corrected chi connectivity index (χ2v) is 7.72. The molecule has 12 heteroatoms. The first kappa shape index (κ1) is 26.7. The number of nitrogens with one attached hydrogen (secondary N) is 2. The van der Waals surface area contributed by atoms with Gasteiger partial charge in [-0.05, 0) is 53.6 Å². The van der Waals surface area contributed by atoms with Crippen LogP contribution < -0.4 is 10.6 Å². The summed E-state index contributed by atoms with van der Waals surface area (Å²) in [5.74, 6) is -1.74. The van der Waals surface area contributed by atoms with Crippen LogP contribution in [0.4, 0.5) is 32.0 Å². The number of anilines is 1. The molecule has 0 saturated heterocycles. The first-order chi connectivity index (χ1) is 16.8. The zero-order valence-corrected chi connectivity index (χ0v) is 18.7. The highest BCUT2D eigenvalue weighted by Gasteiger charge is 2.42. The van der Waals surface area contributed by atoms with Crippen LogP contribution in [0.25, 0.3) is 6.08 Å². The molecule has 0 aliphatic rings. The van der Waals surface area contributed by atoms with Gasteiger partial charge in [0.2, 0.25) is 5.91 Å². The lowest BCUT2D eigenvalue weighted by Crippen LogP contribution is -2.37. The summed E-state index contributed by atoms with van der Waals surface area (Å²) in [7, 11) is 0. The zero-order chi connectivity index (χ0) is 26.5. The standard InChI is InChI=1S/C24H16ClF6N3O2/c25-21-18(8-3-11-32-21)22(36)33-17-7-1-4-14(12-17)9-10-19(35)34-20(24(29,30)31)15-5-2-6-16(13-15)23(26,27)28/h1-13,20H,(H,33,36)(H,34,35)/b10-9+. The Hall–Kier alpha value is -3.86. The van der Waals surface area contributed by atoms with Gasteiger partial charge in [-0.3, -0.25) is 9.59 Å². The summed E-state index contributed by atoms with van der Waals surface area (Å²) in [5, 5.41) is 4.26. The molecule has 1 heterocycles. The van der Waals surface area contributed by atoms with Crippen molar-refractivity contribution in [3.63, 3.8) is 0 Å². The van der Waals surface area contributed by atoms with E-state index >= 15 is 0 Å². The van der Waals surface area contributed by atoms with Crippen LogP contribution in [-0.2, 0) is 11.0 Å². The van der Waals surface area contributed by atoms with Crippen LogP contribution in [0.5, 0.6) is 0 Å². The van der Waals surface area contributed by atoms with Crippen LogP contribution >= 0.6 is 11.6 Å². The molecule has 0 radical (unpaired) electrons. The average molecular weight is 528 g/mol. The Labute approximate surface area is 205 Å². The summed E-state index contributed by atoms with van der Waals surface area (Å²) >= 11 is 5.89. The Balaban J connectivity index is 1.74. The summed E-state index contributed by atoms with van der Waals surface area (Å²) in [6.07, 6.45) is -6.51. The minimum atomic E-state index is -5.05. The van der Waals surface area contributed by atoms with E-state index in [0.717, 1.165) is 18.2 Å². The van der Waals surface area contributed by atoms with Crippen LogP contribution in [0.3, 0.4) is 0 Å².